The SMILES string of the molecule is CCOC1CC(C(=O)c2ccccc2)=C(c2ccccc2)O1. The van der Waals surface area contributed by atoms with E-state index >= 15 is 0 Å². The van der Waals surface area contributed by atoms with Crippen molar-refractivity contribution in [3.63, 3.8) is 0 Å². The van der Waals surface area contributed by atoms with Crippen LogP contribution in [0.3, 0.4) is 0 Å². The van der Waals surface area contributed by atoms with Crippen molar-refractivity contribution in [2.24, 2.45) is 0 Å². The maximum Gasteiger partial charge on any atom is 0.204 e. The molecule has 0 saturated heterocycles. The Morgan fingerprint density at radius 1 is 1.09 bits per heavy atom. The highest BCUT2D eigenvalue weighted by molar-refractivity contribution is 6.12. The number of ether oxygens (including phenoxy) is 2. The summed E-state index contributed by atoms with van der Waals surface area (Å²) in [6.07, 6.45) is 0.0917. The van der Waals surface area contributed by atoms with Crippen molar-refractivity contribution in [1.82, 2.24) is 0 Å². The lowest BCUT2D eigenvalue weighted by molar-refractivity contribution is -0.0791. The van der Waals surface area contributed by atoms with Crippen molar-refractivity contribution in [3.8, 4) is 0 Å². The summed E-state index contributed by atoms with van der Waals surface area (Å²) >= 11 is 0. The molecule has 0 aromatic heterocycles. The van der Waals surface area contributed by atoms with Crippen LogP contribution in [0.1, 0.15) is 29.3 Å². The lowest BCUT2D eigenvalue weighted by Gasteiger charge is -2.12. The fraction of sp³-hybridized carbons (Fsp3) is 0.211. The first-order valence-electron chi connectivity index (χ1n) is 7.46. The molecule has 0 bridgehead atoms. The minimum atomic E-state index is -0.386. The first-order valence-corrected chi connectivity index (χ1v) is 7.46. The molecule has 0 saturated carbocycles. The summed E-state index contributed by atoms with van der Waals surface area (Å²) < 4.78 is 11.4. The molecule has 1 heterocycles. The van der Waals surface area contributed by atoms with Gasteiger partial charge in [0.2, 0.25) is 6.29 Å². The normalized spacial score (nSPS) is 17.4. The Bertz CT molecular complexity index is 674. The second-order valence-corrected chi connectivity index (χ2v) is 5.08. The van der Waals surface area contributed by atoms with Crippen LogP contribution in [0.15, 0.2) is 66.2 Å². The molecular weight excluding hydrogens is 276 g/mol. The van der Waals surface area contributed by atoms with E-state index in [-0.39, 0.29) is 12.1 Å². The largest absolute Gasteiger partial charge is 0.464 e. The molecule has 0 spiro atoms. The molecule has 0 radical (unpaired) electrons. The molecule has 1 atom stereocenters. The van der Waals surface area contributed by atoms with Crippen molar-refractivity contribution < 1.29 is 14.3 Å². The van der Waals surface area contributed by atoms with Crippen molar-refractivity contribution >= 4 is 11.5 Å². The van der Waals surface area contributed by atoms with E-state index in [9.17, 15) is 4.79 Å². The summed E-state index contributed by atoms with van der Waals surface area (Å²) in [6, 6.07) is 19.0. The fourth-order valence-electron chi connectivity index (χ4n) is 2.57. The first-order chi connectivity index (χ1) is 10.8. The number of benzene rings is 2. The molecule has 1 aliphatic heterocycles. The molecule has 2 aromatic rings. The summed E-state index contributed by atoms with van der Waals surface area (Å²) in [4.78, 5) is 12.8. The minimum absolute atomic E-state index is 0.00153. The lowest BCUT2D eigenvalue weighted by Crippen LogP contribution is -2.12. The Morgan fingerprint density at radius 3 is 2.36 bits per heavy atom. The van der Waals surface area contributed by atoms with Crippen molar-refractivity contribution in [3.05, 3.63) is 77.4 Å². The zero-order valence-corrected chi connectivity index (χ0v) is 12.5. The highest BCUT2D eigenvalue weighted by Crippen LogP contribution is 2.34. The number of carbonyl (C=O) groups excluding carboxylic acids is 1. The standard InChI is InChI=1S/C19H18O3/c1-2-21-17-13-16(18(20)14-9-5-3-6-10-14)19(22-17)15-11-7-4-8-12-15/h3-12,17H,2,13H2,1H3. The van der Waals surface area contributed by atoms with Crippen LogP contribution in [0, 0.1) is 0 Å². The van der Waals surface area contributed by atoms with Crippen LogP contribution >= 0.6 is 0 Å². The van der Waals surface area contributed by atoms with Crippen LogP contribution in [-0.4, -0.2) is 18.7 Å². The maximum atomic E-state index is 12.8. The van der Waals surface area contributed by atoms with E-state index in [1.54, 1.807) is 0 Å². The lowest BCUT2D eigenvalue weighted by atomic mass is 9.98. The predicted octanol–water partition coefficient (Wildman–Crippen LogP) is 4.06. The third-order valence-electron chi connectivity index (χ3n) is 3.59. The zero-order valence-electron chi connectivity index (χ0n) is 12.5. The number of hydrogen-bond donors (Lipinski definition) is 0. The van der Waals surface area contributed by atoms with Crippen molar-refractivity contribution in [2.45, 2.75) is 19.6 Å². The molecule has 112 valence electrons. The zero-order chi connectivity index (χ0) is 15.4. The van der Waals surface area contributed by atoms with Gasteiger partial charge in [-0.15, -0.1) is 0 Å². The van der Waals surface area contributed by atoms with E-state index in [0.29, 0.717) is 29.9 Å². The third-order valence-corrected chi connectivity index (χ3v) is 3.59. The van der Waals surface area contributed by atoms with E-state index in [4.69, 9.17) is 9.47 Å². The van der Waals surface area contributed by atoms with E-state index in [0.717, 1.165) is 5.56 Å². The van der Waals surface area contributed by atoms with Crippen molar-refractivity contribution in [1.29, 1.82) is 0 Å². The van der Waals surface area contributed by atoms with Crippen molar-refractivity contribution in [2.75, 3.05) is 6.61 Å². The van der Waals surface area contributed by atoms with Gasteiger partial charge in [-0.2, -0.15) is 0 Å². The molecule has 1 aliphatic rings. The number of rotatable bonds is 5. The maximum absolute atomic E-state index is 12.8. The molecule has 3 nitrogen and oxygen atoms in total. The molecule has 3 rings (SSSR count). The van der Waals surface area contributed by atoms with Gasteiger partial charge in [0.05, 0.1) is 0 Å². The molecule has 0 N–H and O–H groups in total. The van der Waals surface area contributed by atoms with Crippen LogP contribution in [0.2, 0.25) is 0 Å². The molecule has 2 aromatic carbocycles. The summed E-state index contributed by atoms with van der Waals surface area (Å²) in [5.74, 6) is 0.634. The van der Waals surface area contributed by atoms with Gasteiger partial charge < -0.3 is 9.47 Å². The number of Topliss-reactive ketones (excluding diaryl/α,β-unsaturated/α-hetero) is 1. The van der Waals surface area contributed by atoms with Gasteiger partial charge in [0.15, 0.2) is 5.78 Å². The van der Waals surface area contributed by atoms with Gasteiger partial charge in [-0.05, 0) is 6.92 Å². The fourth-order valence-corrected chi connectivity index (χ4v) is 2.57. The predicted molar refractivity (Wildman–Crippen MR) is 85.3 cm³/mol. The van der Waals surface area contributed by atoms with Crippen LogP contribution < -0.4 is 0 Å². The summed E-state index contributed by atoms with van der Waals surface area (Å²) in [7, 11) is 0. The Morgan fingerprint density at radius 2 is 1.73 bits per heavy atom. The minimum Gasteiger partial charge on any atom is -0.464 e. The molecular formula is C19H18O3. The Labute approximate surface area is 130 Å². The first kappa shape index (κ1) is 14.5. The van der Waals surface area contributed by atoms with Gasteiger partial charge in [-0.25, -0.2) is 0 Å². The van der Waals surface area contributed by atoms with Crippen LogP contribution in [-0.2, 0) is 9.47 Å². The summed E-state index contributed by atoms with van der Waals surface area (Å²) in [5.41, 5.74) is 2.26. The molecule has 3 heteroatoms. The van der Waals surface area contributed by atoms with E-state index in [1.165, 1.54) is 0 Å². The molecule has 0 amide bonds. The third kappa shape index (κ3) is 2.95. The Kier molecular flexibility index (Phi) is 4.35. The average molecular weight is 294 g/mol. The summed E-state index contributed by atoms with van der Waals surface area (Å²) in [5, 5.41) is 0. The number of ketones is 1. The van der Waals surface area contributed by atoms with Gasteiger partial charge in [-0.1, -0.05) is 60.7 Å². The Hall–Kier alpha value is -2.39. The van der Waals surface area contributed by atoms with Crippen LogP contribution in [0.25, 0.3) is 5.76 Å². The van der Waals surface area contributed by atoms with Gasteiger partial charge in [0, 0.05) is 29.7 Å². The second kappa shape index (κ2) is 6.58. The number of hydrogen-bond acceptors (Lipinski definition) is 3. The molecule has 22 heavy (non-hydrogen) atoms. The van der Waals surface area contributed by atoms with Gasteiger partial charge in [0.1, 0.15) is 5.76 Å². The highest BCUT2D eigenvalue weighted by Gasteiger charge is 2.31. The summed E-state index contributed by atoms with van der Waals surface area (Å²) in [6.45, 7) is 2.47. The van der Waals surface area contributed by atoms with Gasteiger partial charge >= 0.3 is 0 Å². The topological polar surface area (TPSA) is 35.5 Å². The van der Waals surface area contributed by atoms with Crippen LogP contribution in [0.4, 0.5) is 0 Å². The molecule has 0 fully saturated rings. The quantitative estimate of drug-likeness (QED) is 0.780. The number of carbonyl (C=O) groups is 1. The smallest absolute Gasteiger partial charge is 0.204 e. The van der Waals surface area contributed by atoms with Gasteiger partial charge in [0.25, 0.3) is 0 Å². The monoisotopic (exact) mass is 294 g/mol. The second-order valence-electron chi connectivity index (χ2n) is 5.08. The van der Waals surface area contributed by atoms with Crippen LogP contribution in [0.5, 0.6) is 0 Å². The van der Waals surface area contributed by atoms with E-state index in [2.05, 4.69) is 0 Å². The van der Waals surface area contributed by atoms with E-state index < -0.39 is 0 Å². The van der Waals surface area contributed by atoms with E-state index in [1.807, 2.05) is 67.6 Å². The molecule has 1 unspecified atom stereocenters. The highest BCUT2D eigenvalue weighted by atomic mass is 16.7. The average Bonchev–Trinajstić information content (AvgIpc) is 3.00. The Balaban J connectivity index is 1.97. The molecule has 0 aliphatic carbocycles. The van der Waals surface area contributed by atoms with Gasteiger partial charge in [-0.3, -0.25) is 4.79 Å².